The van der Waals surface area contributed by atoms with Crippen molar-refractivity contribution in [1.82, 2.24) is 4.98 Å². The van der Waals surface area contributed by atoms with E-state index in [0.29, 0.717) is 0 Å². The van der Waals surface area contributed by atoms with E-state index in [1.54, 1.807) is 0 Å². The molecular weight excluding hydrogens is 268 g/mol. The maximum atomic E-state index is 12.3. The molecule has 0 saturated carbocycles. The topological polar surface area (TPSA) is 56.0 Å². The lowest BCUT2D eigenvalue weighted by atomic mass is 10.1. The van der Waals surface area contributed by atoms with Gasteiger partial charge in [0.05, 0.1) is 12.1 Å². The summed E-state index contributed by atoms with van der Waals surface area (Å²) in [7, 11) is 0. The minimum absolute atomic E-state index is 0. The van der Waals surface area contributed by atoms with E-state index in [0.717, 1.165) is 18.3 Å². The van der Waals surface area contributed by atoms with Crippen LogP contribution in [-0.2, 0) is 6.18 Å². The minimum atomic E-state index is -4.57. The van der Waals surface area contributed by atoms with Gasteiger partial charge in [-0.05, 0) is 12.1 Å². The van der Waals surface area contributed by atoms with Crippen molar-refractivity contribution in [3.05, 3.63) is 29.6 Å². The van der Waals surface area contributed by atoms with Gasteiger partial charge in [-0.15, -0.1) is 24.8 Å². The van der Waals surface area contributed by atoms with Crippen LogP contribution in [0.5, 0.6) is 0 Å². The van der Waals surface area contributed by atoms with E-state index in [1.165, 1.54) is 0 Å². The third-order valence-electron chi connectivity index (χ3n) is 1.56. The number of hydrogen-bond acceptors (Lipinski definition) is 3. The molecule has 1 rings (SSSR count). The van der Waals surface area contributed by atoms with Gasteiger partial charge >= 0.3 is 6.18 Å². The van der Waals surface area contributed by atoms with Gasteiger partial charge in [-0.3, -0.25) is 9.78 Å². The number of Topliss-reactive ketones (excluding diaryl/α,β-unsaturated/α-hetero) is 1. The predicted octanol–water partition coefficient (Wildman–Crippen LogP) is 2.09. The molecule has 0 amide bonds. The van der Waals surface area contributed by atoms with E-state index >= 15 is 0 Å². The number of carbonyl (C=O) groups excluding carboxylic acids is 1. The molecule has 92 valence electrons. The lowest BCUT2D eigenvalue weighted by Crippen LogP contribution is -2.20. The molecule has 16 heavy (non-hydrogen) atoms. The third kappa shape index (κ3) is 3.96. The fraction of sp³-hybridized carbons (Fsp3) is 0.250. The largest absolute Gasteiger partial charge is 0.418 e. The summed E-state index contributed by atoms with van der Waals surface area (Å²) in [5.41, 5.74) is 3.29. The normalized spacial score (nSPS) is 10.0. The predicted molar refractivity (Wildman–Crippen MR) is 57.1 cm³/mol. The molecule has 3 nitrogen and oxygen atoms in total. The number of halogens is 5. The van der Waals surface area contributed by atoms with E-state index in [4.69, 9.17) is 5.73 Å². The molecule has 1 aromatic rings. The van der Waals surface area contributed by atoms with Crippen LogP contribution in [0, 0.1) is 0 Å². The quantitative estimate of drug-likeness (QED) is 0.842. The van der Waals surface area contributed by atoms with Gasteiger partial charge in [0.15, 0.2) is 5.78 Å². The number of carbonyl (C=O) groups is 1. The Kier molecular flexibility index (Phi) is 7.32. The van der Waals surface area contributed by atoms with Gasteiger partial charge in [-0.1, -0.05) is 0 Å². The summed E-state index contributed by atoms with van der Waals surface area (Å²) in [5, 5.41) is 0. The van der Waals surface area contributed by atoms with E-state index in [2.05, 4.69) is 4.98 Å². The molecule has 2 N–H and O–H groups in total. The number of hydrogen-bond donors (Lipinski definition) is 1. The van der Waals surface area contributed by atoms with Crippen LogP contribution in [0.25, 0.3) is 0 Å². The first-order chi connectivity index (χ1) is 6.46. The molecule has 0 spiro atoms. The molecule has 0 aliphatic heterocycles. The lowest BCUT2D eigenvalue weighted by molar-refractivity contribution is -0.138. The van der Waals surface area contributed by atoms with Crippen LogP contribution in [0.2, 0.25) is 0 Å². The Morgan fingerprint density at radius 2 is 1.94 bits per heavy atom. The molecule has 0 radical (unpaired) electrons. The maximum Gasteiger partial charge on any atom is 0.418 e. The van der Waals surface area contributed by atoms with Gasteiger partial charge in [0.25, 0.3) is 0 Å². The standard InChI is InChI=1S/C8H7F3N2O.2ClH/c9-8(10,11)5-2-1-3-13-7(5)6(14)4-12;;/h1-3H,4,12H2;2*1H. The number of ketones is 1. The van der Waals surface area contributed by atoms with Crippen molar-refractivity contribution in [3.8, 4) is 0 Å². The molecule has 8 heteroatoms. The number of alkyl halides is 3. The first-order valence-electron chi connectivity index (χ1n) is 3.72. The molecule has 0 aromatic carbocycles. The van der Waals surface area contributed by atoms with Crippen molar-refractivity contribution in [3.63, 3.8) is 0 Å². The van der Waals surface area contributed by atoms with E-state index < -0.39 is 29.8 Å². The van der Waals surface area contributed by atoms with Crippen LogP contribution >= 0.6 is 24.8 Å². The molecule has 0 bridgehead atoms. The van der Waals surface area contributed by atoms with Gasteiger partial charge in [0.2, 0.25) is 0 Å². The van der Waals surface area contributed by atoms with Crippen molar-refractivity contribution in [1.29, 1.82) is 0 Å². The van der Waals surface area contributed by atoms with Crippen LogP contribution in [0.3, 0.4) is 0 Å². The van der Waals surface area contributed by atoms with Crippen LogP contribution in [-0.4, -0.2) is 17.3 Å². The smallest absolute Gasteiger partial charge is 0.324 e. The summed E-state index contributed by atoms with van der Waals surface area (Å²) < 4.78 is 36.9. The Morgan fingerprint density at radius 1 is 1.38 bits per heavy atom. The van der Waals surface area contributed by atoms with Gasteiger partial charge in [-0.2, -0.15) is 13.2 Å². The zero-order valence-electron chi connectivity index (χ0n) is 7.82. The summed E-state index contributed by atoms with van der Waals surface area (Å²) in [5.74, 6) is -0.821. The van der Waals surface area contributed by atoms with Gasteiger partial charge in [0, 0.05) is 6.20 Å². The first-order valence-corrected chi connectivity index (χ1v) is 3.72. The molecule has 0 aliphatic rings. The highest BCUT2D eigenvalue weighted by atomic mass is 35.5. The highest BCUT2D eigenvalue weighted by molar-refractivity contribution is 5.97. The number of pyridine rings is 1. The van der Waals surface area contributed by atoms with E-state index in [9.17, 15) is 18.0 Å². The van der Waals surface area contributed by atoms with Crippen LogP contribution in [0.15, 0.2) is 18.3 Å². The third-order valence-corrected chi connectivity index (χ3v) is 1.56. The molecule has 1 aromatic heterocycles. The molecule has 0 saturated heterocycles. The Morgan fingerprint density at radius 3 is 2.38 bits per heavy atom. The molecular formula is C8H9Cl2F3N2O. The lowest BCUT2D eigenvalue weighted by Gasteiger charge is -2.09. The molecule has 0 fully saturated rings. The van der Waals surface area contributed by atoms with E-state index in [-0.39, 0.29) is 24.8 Å². The number of rotatable bonds is 2. The fourth-order valence-corrected chi connectivity index (χ4v) is 0.953. The SMILES string of the molecule is Cl.Cl.NCC(=O)c1ncccc1C(F)(F)F. The van der Waals surface area contributed by atoms with Crippen molar-refractivity contribution in [2.75, 3.05) is 6.54 Å². The highest BCUT2D eigenvalue weighted by Gasteiger charge is 2.35. The summed E-state index contributed by atoms with van der Waals surface area (Å²) >= 11 is 0. The second kappa shape index (κ2) is 6.67. The van der Waals surface area contributed by atoms with Crippen LogP contribution < -0.4 is 5.73 Å². The van der Waals surface area contributed by atoms with Crippen molar-refractivity contribution >= 4 is 30.6 Å². The fourth-order valence-electron chi connectivity index (χ4n) is 0.953. The zero-order valence-corrected chi connectivity index (χ0v) is 9.46. The zero-order chi connectivity index (χ0) is 10.8. The Labute approximate surface area is 102 Å². The number of aromatic nitrogens is 1. The van der Waals surface area contributed by atoms with E-state index in [1.807, 2.05) is 0 Å². The van der Waals surface area contributed by atoms with Crippen molar-refractivity contribution < 1.29 is 18.0 Å². The average Bonchev–Trinajstić information content (AvgIpc) is 2.15. The molecule has 1 heterocycles. The van der Waals surface area contributed by atoms with Gasteiger partial charge in [-0.25, -0.2) is 0 Å². The maximum absolute atomic E-state index is 12.3. The number of nitrogens with zero attached hydrogens (tertiary/aromatic N) is 1. The van der Waals surface area contributed by atoms with Crippen molar-refractivity contribution in [2.45, 2.75) is 6.18 Å². The minimum Gasteiger partial charge on any atom is -0.324 e. The summed E-state index contributed by atoms with van der Waals surface area (Å²) in [6, 6.07) is 1.92. The summed E-state index contributed by atoms with van der Waals surface area (Å²) in [6.45, 7) is -0.486. The second-order valence-corrected chi connectivity index (χ2v) is 2.52. The van der Waals surface area contributed by atoms with Crippen molar-refractivity contribution in [2.24, 2.45) is 5.73 Å². The molecule has 0 unspecified atom stereocenters. The first kappa shape index (κ1) is 17.5. The summed E-state index contributed by atoms with van der Waals surface area (Å²) in [6.07, 6.45) is -3.45. The molecule has 0 atom stereocenters. The monoisotopic (exact) mass is 276 g/mol. The highest BCUT2D eigenvalue weighted by Crippen LogP contribution is 2.30. The number of nitrogens with two attached hydrogens (primary N) is 1. The average molecular weight is 277 g/mol. The van der Waals surface area contributed by atoms with Gasteiger partial charge in [0.1, 0.15) is 5.69 Å². The second-order valence-electron chi connectivity index (χ2n) is 2.52. The Hall–Kier alpha value is -0.850. The Balaban J connectivity index is 0. The van der Waals surface area contributed by atoms with Crippen LogP contribution in [0.4, 0.5) is 13.2 Å². The Bertz CT molecular complexity index is 357. The van der Waals surface area contributed by atoms with Gasteiger partial charge < -0.3 is 5.73 Å². The molecule has 0 aliphatic carbocycles. The summed E-state index contributed by atoms with van der Waals surface area (Å²) in [4.78, 5) is 14.4. The van der Waals surface area contributed by atoms with Crippen LogP contribution in [0.1, 0.15) is 16.1 Å².